The molecule has 0 spiro atoms. The third kappa shape index (κ3) is 5.76. The SMILES string of the molecule is C=C1NC(=O)C=CN1[C@@H]1O[C@H](COP(=S)(NC(C)C(=O)OC)Oc2cccc3ccccc23)[C@@H](O)[C@@]1(C)O. The largest absolute Gasteiger partial charge is 0.468 e. The molecule has 2 aliphatic rings. The van der Waals surface area contributed by atoms with Crippen LogP contribution >= 0.6 is 6.64 Å². The summed E-state index contributed by atoms with van der Waals surface area (Å²) in [5.74, 6) is -0.322. The molecule has 204 valence electrons. The van der Waals surface area contributed by atoms with Gasteiger partial charge in [0, 0.05) is 17.7 Å². The highest BCUT2D eigenvalue weighted by atomic mass is 32.5. The highest BCUT2D eigenvalue weighted by Gasteiger charge is 2.55. The Morgan fingerprint density at radius 3 is 2.76 bits per heavy atom. The number of aliphatic hydroxyl groups is 2. The van der Waals surface area contributed by atoms with Crippen LogP contribution in [0, 0.1) is 0 Å². The van der Waals surface area contributed by atoms with Gasteiger partial charge in [-0.3, -0.25) is 9.59 Å². The zero-order valence-corrected chi connectivity index (χ0v) is 22.8. The second kappa shape index (κ2) is 11.1. The Morgan fingerprint density at radius 1 is 1.34 bits per heavy atom. The van der Waals surface area contributed by atoms with Crippen LogP contribution in [0.1, 0.15) is 13.8 Å². The van der Waals surface area contributed by atoms with E-state index in [1.807, 2.05) is 36.4 Å². The van der Waals surface area contributed by atoms with E-state index in [-0.39, 0.29) is 18.3 Å². The Labute approximate surface area is 225 Å². The highest BCUT2D eigenvalue weighted by molar-refractivity contribution is 8.09. The van der Waals surface area contributed by atoms with Crippen molar-refractivity contribution in [2.75, 3.05) is 13.7 Å². The van der Waals surface area contributed by atoms with Crippen molar-refractivity contribution in [1.29, 1.82) is 0 Å². The van der Waals surface area contributed by atoms with Crippen molar-refractivity contribution in [2.45, 2.75) is 43.9 Å². The molecule has 13 heteroatoms. The van der Waals surface area contributed by atoms with Gasteiger partial charge in [-0.2, -0.15) is 0 Å². The van der Waals surface area contributed by atoms with Gasteiger partial charge in [-0.05, 0) is 37.1 Å². The normalized spacial score (nSPS) is 27.6. The van der Waals surface area contributed by atoms with E-state index in [2.05, 4.69) is 17.0 Å². The molecule has 1 saturated heterocycles. The van der Waals surface area contributed by atoms with E-state index >= 15 is 0 Å². The van der Waals surface area contributed by atoms with Gasteiger partial charge in [0.15, 0.2) is 6.23 Å². The summed E-state index contributed by atoms with van der Waals surface area (Å²) < 4.78 is 23.0. The number of nitrogens with zero attached hydrogens (tertiary/aromatic N) is 1. The van der Waals surface area contributed by atoms with Crippen molar-refractivity contribution in [1.82, 2.24) is 15.3 Å². The molecule has 2 heterocycles. The molecule has 2 aliphatic heterocycles. The molecule has 0 aromatic heterocycles. The average Bonchev–Trinajstić information content (AvgIpc) is 3.10. The maximum atomic E-state index is 12.2. The summed E-state index contributed by atoms with van der Waals surface area (Å²) in [5, 5.41) is 29.2. The number of carbonyl (C=O) groups is 2. The third-order valence-electron chi connectivity index (χ3n) is 6.26. The Morgan fingerprint density at radius 2 is 2.05 bits per heavy atom. The summed E-state index contributed by atoms with van der Waals surface area (Å²) in [6, 6.07) is 12.2. The predicted octanol–water partition coefficient (Wildman–Crippen LogP) is 1.86. The number of aliphatic hydroxyl groups excluding tert-OH is 1. The van der Waals surface area contributed by atoms with Crippen LogP contribution in [0.15, 0.2) is 67.1 Å². The van der Waals surface area contributed by atoms with Gasteiger partial charge in [0.1, 0.15) is 35.4 Å². The maximum Gasteiger partial charge on any atom is 0.323 e. The molecule has 0 aliphatic carbocycles. The molecule has 6 atom stereocenters. The first kappa shape index (κ1) is 28.2. The van der Waals surface area contributed by atoms with Gasteiger partial charge in [-0.1, -0.05) is 43.0 Å². The summed E-state index contributed by atoms with van der Waals surface area (Å²) in [4.78, 5) is 25.2. The topological polar surface area (TPSA) is 139 Å². The minimum absolute atomic E-state index is 0.175. The van der Waals surface area contributed by atoms with Gasteiger partial charge in [0.25, 0.3) is 5.91 Å². The smallest absolute Gasteiger partial charge is 0.323 e. The molecule has 0 bridgehead atoms. The summed E-state index contributed by atoms with van der Waals surface area (Å²) in [6.07, 6.45) is -0.869. The fourth-order valence-electron chi connectivity index (χ4n) is 4.22. The molecule has 1 fully saturated rings. The van der Waals surface area contributed by atoms with E-state index in [0.717, 1.165) is 10.8 Å². The maximum absolute atomic E-state index is 12.2. The minimum atomic E-state index is -3.45. The van der Waals surface area contributed by atoms with Gasteiger partial charge >= 0.3 is 12.6 Å². The summed E-state index contributed by atoms with van der Waals surface area (Å²) in [6.45, 7) is 3.00. The molecular formula is C25H30N3O8PS. The van der Waals surface area contributed by atoms with E-state index in [4.69, 9.17) is 30.3 Å². The van der Waals surface area contributed by atoms with Crippen LogP contribution in [0.5, 0.6) is 5.75 Å². The van der Waals surface area contributed by atoms with Gasteiger partial charge in [0.05, 0.1) is 13.7 Å². The number of amides is 1. The van der Waals surface area contributed by atoms with Gasteiger partial charge in [-0.15, -0.1) is 0 Å². The van der Waals surface area contributed by atoms with Crippen molar-refractivity contribution >= 4 is 41.1 Å². The van der Waals surface area contributed by atoms with Crippen LogP contribution in [0.4, 0.5) is 0 Å². The van der Waals surface area contributed by atoms with Crippen LogP contribution in [0.25, 0.3) is 10.8 Å². The average molecular weight is 564 g/mol. The van der Waals surface area contributed by atoms with Crippen LogP contribution in [0.2, 0.25) is 0 Å². The number of benzene rings is 2. The first-order valence-corrected chi connectivity index (χ1v) is 14.4. The molecule has 2 aromatic carbocycles. The Bertz CT molecular complexity index is 1310. The number of nitrogens with one attached hydrogen (secondary N) is 2. The molecule has 0 saturated carbocycles. The van der Waals surface area contributed by atoms with Crippen LogP contribution in [0.3, 0.4) is 0 Å². The lowest BCUT2D eigenvalue weighted by Gasteiger charge is -2.37. The zero-order valence-electron chi connectivity index (χ0n) is 21.1. The number of hydrogen-bond donors (Lipinski definition) is 4. The molecule has 0 radical (unpaired) electrons. The number of methoxy groups -OCH3 is 1. The number of esters is 1. The van der Waals surface area contributed by atoms with Crippen molar-refractivity contribution < 1.29 is 38.3 Å². The second-order valence-electron chi connectivity index (χ2n) is 9.09. The monoisotopic (exact) mass is 563 g/mol. The predicted molar refractivity (Wildman–Crippen MR) is 143 cm³/mol. The summed E-state index contributed by atoms with van der Waals surface area (Å²) >= 11 is 5.77. The van der Waals surface area contributed by atoms with E-state index < -0.39 is 42.7 Å². The molecule has 2 aromatic rings. The lowest BCUT2D eigenvalue weighted by atomic mass is 9.96. The number of fused-ring (bicyclic) bond motifs is 1. The Balaban J connectivity index is 1.57. The molecule has 11 nitrogen and oxygen atoms in total. The third-order valence-corrected chi connectivity index (χ3v) is 8.74. The lowest BCUT2D eigenvalue weighted by Crippen LogP contribution is -2.53. The molecule has 4 N–H and O–H groups in total. The standard InChI is InChI=1S/C25H30N3O8PS/c1-15(23(31)33-4)27-37(38,36-19-11-7-9-17-8-5-6-10-18(17)19)34-14-20-22(30)25(3,32)24(35-20)28-13-12-21(29)26-16(28)2/h5-13,15,20,22,24,30,32H,2,14H2,1,3-4H3,(H,26,29)(H,27,38)/t15?,20-,22-,24-,25-,37?/m1/s1. The van der Waals surface area contributed by atoms with Gasteiger partial charge in [0.2, 0.25) is 0 Å². The Kier molecular flexibility index (Phi) is 8.24. The van der Waals surface area contributed by atoms with Crippen LogP contribution < -0.4 is 14.9 Å². The lowest BCUT2D eigenvalue weighted by molar-refractivity contribution is -0.142. The van der Waals surface area contributed by atoms with Crippen molar-refractivity contribution in [2.24, 2.45) is 0 Å². The van der Waals surface area contributed by atoms with Crippen LogP contribution in [-0.2, 0) is 35.4 Å². The number of ether oxygens (including phenoxy) is 2. The van der Waals surface area contributed by atoms with Crippen molar-refractivity contribution in [3.8, 4) is 5.75 Å². The summed E-state index contributed by atoms with van der Waals surface area (Å²) in [7, 11) is 1.26. The van der Waals surface area contributed by atoms with E-state index in [1.54, 1.807) is 13.0 Å². The molecule has 2 unspecified atom stereocenters. The van der Waals surface area contributed by atoms with E-state index in [9.17, 15) is 19.8 Å². The van der Waals surface area contributed by atoms with E-state index in [1.165, 1.54) is 31.2 Å². The second-order valence-corrected chi connectivity index (χ2v) is 12.2. The van der Waals surface area contributed by atoms with E-state index in [0.29, 0.717) is 5.75 Å². The first-order valence-electron chi connectivity index (χ1n) is 11.7. The van der Waals surface area contributed by atoms with Crippen molar-refractivity contribution in [3.63, 3.8) is 0 Å². The quantitative estimate of drug-likeness (QED) is 0.263. The number of carbonyl (C=O) groups excluding carboxylic acids is 2. The van der Waals surface area contributed by atoms with Gasteiger partial charge in [-0.25, -0.2) is 5.09 Å². The fraction of sp³-hybridized carbons (Fsp3) is 0.360. The van der Waals surface area contributed by atoms with Crippen molar-refractivity contribution in [3.05, 3.63) is 67.1 Å². The molecular weight excluding hydrogens is 533 g/mol. The Hall–Kier alpha value is -2.83. The molecule has 4 rings (SSSR count). The molecule has 38 heavy (non-hydrogen) atoms. The minimum Gasteiger partial charge on any atom is -0.468 e. The first-order chi connectivity index (χ1) is 17.9. The fourth-order valence-corrected chi connectivity index (χ4v) is 6.64. The zero-order chi connectivity index (χ0) is 27.7. The summed E-state index contributed by atoms with van der Waals surface area (Å²) in [5.41, 5.74) is -1.77. The van der Waals surface area contributed by atoms with Gasteiger partial charge < -0.3 is 39.0 Å². The highest BCUT2D eigenvalue weighted by Crippen LogP contribution is 2.48. The number of hydrogen-bond acceptors (Lipinski definition) is 10. The number of rotatable bonds is 9. The van der Waals surface area contributed by atoms with Crippen LogP contribution in [-0.4, -0.2) is 70.8 Å². The molecule has 1 amide bonds.